The second-order valence-corrected chi connectivity index (χ2v) is 6.28. The highest BCUT2D eigenvalue weighted by molar-refractivity contribution is 9.10. The maximum Gasteiger partial charge on any atom is 0.332 e. The SMILES string of the molecule is Cc1cccc(OCCn2c(Br)nc3c(=O)n(C)c(=O)n(C)c32)c1. The number of nitrogens with zero attached hydrogens (tertiary/aromatic N) is 4. The normalized spacial score (nSPS) is 11.2. The van der Waals surface area contributed by atoms with Crippen molar-refractivity contribution in [1.29, 1.82) is 0 Å². The van der Waals surface area contributed by atoms with Crippen LogP contribution in [0.1, 0.15) is 5.56 Å². The predicted octanol–water partition coefficient (Wildman–Crippen LogP) is 1.58. The van der Waals surface area contributed by atoms with Gasteiger partial charge in [0.2, 0.25) is 0 Å². The van der Waals surface area contributed by atoms with E-state index < -0.39 is 5.56 Å². The van der Waals surface area contributed by atoms with Crippen LogP contribution in [-0.4, -0.2) is 25.3 Å². The van der Waals surface area contributed by atoms with E-state index in [9.17, 15) is 9.59 Å². The smallest absolute Gasteiger partial charge is 0.332 e. The zero-order chi connectivity index (χ0) is 17.4. The van der Waals surface area contributed by atoms with Crippen molar-refractivity contribution in [1.82, 2.24) is 18.7 Å². The molecular weight excluding hydrogens is 376 g/mol. The number of fused-ring (bicyclic) bond motifs is 1. The first-order valence-corrected chi connectivity index (χ1v) is 8.20. The molecule has 0 saturated heterocycles. The highest BCUT2D eigenvalue weighted by atomic mass is 79.9. The number of hydrogen-bond donors (Lipinski definition) is 0. The molecule has 24 heavy (non-hydrogen) atoms. The summed E-state index contributed by atoms with van der Waals surface area (Å²) >= 11 is 3.36. The summed E-state index contributed by atoms with van der Waals surface area (Å²) in [6.07, 6.45) is 0. The molecule has 3 rings (SSSR count). The Morgan fingerprint density at radius 3 is 2.67 bits per heavy atom. The zero-order valence-electron chi connectivity index (χ0n) is 13.6. The van der Waals surface area contributed by atoms with Crippen molar-refractivity contribution in [3.05, 3.63) is 55.4 Å². The van der Waals surface area contributed by atoms with Crippen molar-refractivity contribution in [2.75, 3.05) is 6.61 Å². The first-order chi connectivity index (χ1) is 11.4. The molecule has 0 N–H and O–H groups in total. The quantitative estimate of drug-likeness (QED) is 0.632. The van der Waals surface area contributed by atoms with Crippen LogP contribution < -0.4 is 16.0 Å². The number of benzene rings is 1. The van der Waals surface area contributed by atoms with Crippen LogP contribution in [0, 0.1) is 6.92 Å². The second-order valence-electron chi connectivity index (χ2n) is 5.58. The summed E-state index contributed by atoms with van der Waals surface area (Å²) in [5.74, 6) is 0.778. The van der Waals surface area contributed by atoms with Gasteiger partial charge in [0.15, 0.2) is 15.9 Å². The van der Waals surface area contributed by atoms with Gasteiger partial charge in [0.05, 0.1) is 6.54 Å². The summed E-state index contributed by atoms with van der Waals surface area (Å²) in [6.45, 7) is 2.83. The van der Waals surface area contributed by atoms with Gasteiger partial charge in [0, 0.05) is 14.1 Å². The highest BCUT2D eigenvalue weighted by Crippen LogP contribution is 2.17. The molecule has 0 spiro atoms. The van der Waals surface area contributed by atoms with E-state index in [0.29, 0.717) is 23.5 Å². The molecule has 7 nitrogen and oxygen atoms in total. The fourth-order valence-corrected chi connectivity index (χ4v) is 3.14. The van der Waals surface area contributed by atoms with Crippen molar-refractivity contribution in [2.45, 2.75) is 13.5 Å². The van der Waals surface area contributed by atoms with Crippen molar-refractivity contribution in [2.24, 2.45) is 14.1 Å². The molecule has 8 heteroatoms. The lowest BCUT2D eigenvalue weighted by Crippen LogP contribution is -2.37. The van der Waals surface area contributed by atoms with Crippen LogP contribution in [0.4, 0.5) is 0 Å². The third-order valence-electron chi connectivity index (χ3n) is 3.87. The van der Waals surface area contributed by atoms with Crippen LogP contribution in [-0.2, 0) is 20.6 Å². The monoisotopic (exact) mass is 392 g/mol. The predicted molar refractivity (Wildman–Crippen MR) is 94.6 cm³/mol. The van der Waals surface area contributed by atoms with Crippen LogP contribution >= 0.6 is 15.9 Å². The van der Waals surface area contributed by atoms with Crippen molar-refractivity contribution in [3.63, 3.8) is 0 Å². The molecule has 2 aromatic heterocycles. The topological polar surface area (TPSA) is 71.1 Å². The molecule has 0 radical (unpaired) electrons. The molecule has 0 aliphatic carbocycles. The third kappa shape index (κ3) is 2.77. The van der Waals surface area contributed by atoms with Crippen LogP contribution in [0.5, 0.6) is 5.75 Å². The van der Waals surface area contributed by atoms with Gasteiger partial charge >= 0.3 is 5.69 Å². The van der Waals surface area contributed by atoms with E-state index in [-0.39, 0.29) is 11.2 Å². The lowest BCUT2D eigenvalue weighted by Gasteiger charge is -2.11. The Kier molecular flexibility index (Phi) is 4.31. The highest BCUT2D eigenvalue weighted by Gasteiger charge is 2.17. The Bertz CT molecular complexity index is 1030. The van der Waals surface area contributed by atoms with Crippen molar-refractivity contribution < 1.29 is 4.74 Å². The molecule has 0 bridgehead atoms. The lowest BCUT2D eigenvalue weighted by atomic mass is 10.2. The minimum absolute atomic E-state index is 0.252. The number of ether oxygens (including phenoxy) is 1. The first-order valence-electron chi connectivity index (χ1n) is 7.41. The van der Waals surface area contributed by atoms with Crippen LogP contribution in [0.15, 0.2) is 38.6 Å². The molecule has 0 amide bonds. The minimum Gasteiger partial charge on any atom is -0.492 e. The number of halogens is 1. The summed E-state index contributed by atoms with van der Waals surface area (Å²) in [4.78, 5) is 28.6. The van der Waals surface area contributed by atoms with Gasteiger partial charge < -0.3 is 9.30 Å². The molecule has 0 saturated carbocycles. The van der Waals surface area contributed by atoms with Crippen LogP contribution in [0.3, 0.4) is 0 Å². The van der Waals surface area contributed by atoms with Crippen molar-refractivity contribution in [3.8, 4) is 5.75 Å². The zero-order valence-corrected chi connectivity index (χ0v) is 15.2. The maximum absolute atomic E-state index is 12.2. The largest absolute Gasteiger partial charge is 0.492 e. The molecule has 0 aliphatic heterocycles. The molecular formula is C16H17BrN4O3. The molecule has 2 heterocycles. The van der Waals surface area contributed by atoms with Gasteiger partial charge in [-0.25, -0.2) is 9.78 Å². The van der Waals surface area contributed by atoms with E-state index in [4.69, 9.17) is 4.74 Å². The van der Waals surface area contributed by atoms with Gasteiger partial charge in [0.1, 0.15) is 12.4 Å². The fraction of sp³-hybridized carbons (Fsp3) is 0.312. The van der Waals surface area contributed by atoms with E-state index in [0.717, 1.165) is 15.9 Å². The average Bonchev–Trinajstić information content (AvgIpc) is 2.88. The van der Waals surface area contributed by atoms with Crippen LogP contribution in [0.2, 0.25) is 0 Å². The first kappa shape index (κ1) is 16.5. The fourth-order valence-electron chi connectivity index (χ4n) is 2.62. The average molecular weight is 393 g/mol. The van der Waals surface area contributed by atoms with Gasteiger partial charge in [-0.3, -0.25) is 13.9 Å². The van der Waals surface area contributed by atoms with E-state index >= 15 is 0 Å². The number of rotatable bonds is 4. The van der Waals surface area contributed by atoms with E-state index in [2.05, 4.69) is 20.9 Å². The Balaban J connectivity index is 1.94. The Morgan fingerprint density at radius 1 is 1.21 bits per heavy atom. The molecule has 0 aliphatic rings. The standard InChI is InChI=1S/C16H17BrN4O3/c1-10-5-4-6-11(9-10)24-8-7-21-13-12(18-15(21)17)14(22)20(3)16(23)19(13)2/h4-6,9H,7-8H2,1-3H3. The van der Waals surface area contributed by atoms with Gasteiger partial charge in [-0.05, 0) is 40.5 Å². The number of imidazole rings is 1. The maximum atomic E-state index is 12.2. The Morgan fingerprint density at radius 2 is 1.96 bits per heavy atom. The van der Waals surface area contributed by atoms with Gasteiger partial charge in [-0.2, -0.15) is 0 Å². The number of aromatic nitrogens is 4. The summed E-state index contributed by atoms with van der Waals surface area (Å²) in [5, 5.41) is 0. The van der Waals surface area contributed by atoms with Crippen molar-refractivity contribution >= 4 is 27.1 Å². The summed E-state index contributed by atoms with van der Waals surface area (Å²) in [5.41, 5.74) is 1.05. The summed E-state index contributed by atoms with van der Waals surface area (Å²) < 4.78 is 10.5. The van der Waals surface area contributed by atoms with Gasteiger partial charge in [-0.15, -0.1) is 0 Å². The Hall–Kier alpha value is -2.35. The van der Waals surface area contributed by atoms with E-state index in [1.165, 1.54) is 11.6 Å². The molecule has 0 fully saturated rings. The summed E-state index contributed by atoms with van der Waals surface area (Å²) in [6, 6.07) is 7.77. The molecule has 0 unspecified atom stereocenters. The molecule has 126 valence electrons. The van der Waals surface area contributed by atoms with Gasteiger partial charge in [0.25, 0.3) is 5.56 Å². The molecule has 1 aromatic carbocycles. The summed E-state index contributed by atoms with van der Waals surface area (Å²) in [7, 11) is 3.06. The van der Waals surface area contributed by atoms with E-state index in [1.807, 2.05) is 31.2 Å². The van der Waals surface area contributed by atoms with E-state index in [1.54, 1.807) is 11.6 Å². The van der Waals surface area contributed by atoms with Gasteiger partial charge in [-0.1, -0.05) is 12.1 Å². The molecule has 0 atom stereocenters. The Labute approximate surface area is 146 Å². The van der Waals surface area contributed by atoms with Crippen LogP contribution in [0.25, 0.3) is 11.2 Å². The second kappa shape index (κ2) is 6.27. The number of aryl methyl sites for hydroxylation is 2. The minimum atomic E-state index is -0.410. The third-order valence-corrected chi connectivity index (χ3v) is 4.47. The lowest BCUT2D eigenvalue weighted by molar-refractivity contribution is 0.298. The molecule has 3 aromatic rings. The number of hydrogen-bond acceptors (Lipinski definition) is 4.